The fourth-order valence-electron chi connectivity index (χ4n) is 5.14. The van der Waals surface area contributed by atoms with Crippen molar-refractivity contribution in [3.05, 3.63) is 54.9 Å². The van der Waals surface area contributed by atoms with E-state index in [9.17, 15) is 8.78 Å². The molecule has 0 bridgehead atoms. The van der Waals surface area contributed by atoms with E-state index in [1.54, 1.807) is 10.7 Å². The van der Waals surface area contributed by atoms with Gasteiger partial charge in [0, 0.05) is 66.1 Å². The number of H-pyrrole nitrogens is 1. The molecule has 0 radical (unpaired) electrons. The normalized spacial score (nSPS) is 22.3. The molecule has 4 aromatic rings. The molecule has 0 aromatic carbocycles. The lowest BCUT2D eigenvalue weighted by molar-refractivity contribution is -0.108. The zero-order chi connectivity index (χ0) is 22.7. The number of aromatic nitrogens is 5. The topological polar surface area (TPSA) is 70.9 Å². The molecular formula is C25H26F2N6. The van der Waals surface area contributed by atoms with Crippen molar-refractivity contribution >= 4 is 22.2 Å². The van der Waals surface area contributed by atoms with E-state index >= 15 is 0 Å². The number of halogens is 2. The Morgan fingerprint density at radius 2 is 2.12 bits per heavy atom. The van der Waals surface area contributed by atoms with Gasteiger partial charge in [0.2, 0.25) is 5.92 Å². The van der Waals surface area contributed by atoms with Crippen LogP contribution in [0.1, 0.15) is 49.9 Å². The molecule has 33 heavy (non-hydrogen) atoms. The van der Waals surface area contributed by atoms with Gasteiger partial charge in [-0.1, -0.05) is 13.5 Å². The van der Waals surface area contributed by atoms with Crippen molar-refractivity contribution in [3.8, 4) is 11.1 Å². The molecule has 0 aliphatic heterocycles. The maximum atomic E-state index is 13.1. The summed E-state index contributed by atoms with van der Waals surface area (Å²) in [5.74, 6) is -0.384. The number of nitrogens with zero attached hydrogens (tertiary/aromatic N) is 4. The average Bonchev–Trinajstić information content (AvgIpc) is 3.37. The summed E-state index contributed by atoms with van der Waals surface area (Å²) < 4.78 is 28.0. The van der Waals surface area contributed by atoms with Gasteiger partial charge in [0.25, 0.3) is 0 Å². The van der Waals surface area contributed by atoms with Gasteiger partial charge < -0.3 is 10.3 Å². The predicted octanol–water partition coefficient (Wildman–Crippen LogP) is 5.39. The number of alkyl halides is 2. The molecule has 8 heteroatoms. The standard InChI is InChI=1S/C25H26F2N6/c1-14-5-18(6-14)23-29-12-21-20(11-30-24(21)32-23)17-3-4-33-22(7-17)19(13-31-33)15(2)28-10-16-8-25(26,27)9-16/h3-4,7,11-14,16,18,28H,2,5-6,8-10H2,1H3,(H,29,30,32). The van der Waals surface area contributed by atoms with Gasteiger partial charge >= 0.3 is 0 Å². The first kappa shape index (κ1) is 20.3. The Labute approximate surface area is 190 Å². The van der Waals surface area contributed by atoms with Crippen molar-refractivity contribution in [2.45, 2.75) is 44.4 Å². The van der Waals surface area contributed by atoms with Crippen LogP contribution in [0.4, 0.5) is 8.78 Å². The van der Waals surface area contributed by atoms with E-state index in [1.807, 2.05) is 24.7 Å². The first-order chi connectivity index (χ1) is 15.9. The Morgan fingerprint density at radius 1 is 1.30 bits per heavy atom. The summed E-state index contributed by atoms with van der Waals surface area (Å²) in [5.41, 5.74) is 5.37. The fourth-order valence-corrected chi connectivity index (χ4v) is 5.14. The molecule has 4 heterocycles. The quantitative estimate of drug-likeness (QED) is 0.415. The molecule has 0 spiro atoms. The smallest absolute Gasteiger partial charge is 0.248 e. The maximum Gasteiger partial charge on any atom is 0.248 e. The SMILES string of the molecule is C=C(NCC1CC(F)(F)C1)c1cnn2ccc(-c3c[nH]c4nc(C5CC(C)C5)ncc34)cc12. The van der Waals surface area contributed by atoms with Crippen molar-refractivity contribution in [1.82, 2.24) is 29.9 Å². The summed E-state index contributed by atoms with van der Waals surface area (Å²) in [7, 11) is 0. The van der Waals surface area contributed by atoms with E-state index in [1.165, 1.54) is 0 Å². The summed E-state index contributed by atoms with van der Waals surface area (Å²) in [6.07, 6.45) is 9.75. The summed E-state index contributed by atoms with van der Waals surface area (Å²) in [4.78, 5) is 12.7. The van der Waals surface area contributed by atoms with Crippen LogP contribution in [0.2, 0.25) is 0 Å². The zero-order valence-corrected chi connectivity index (χ0v) is 18.5. The van der Waals surface area contributed by atoms with Gasteiger partial charge in [0.05, 0.1) is 11.7 Å². The molecule has 2 saturated carbocycles. The largest absolute Gasteiger partial charge is 0.385 e. The first-order valence-electron chi connectivity index (χ1n) is 11.5. The molecule has 0 saturated heterocycles. The number of hydrogen-bond acceptors (Lipinski definition) is 4. The fraction of sp³-hybridized carbons (Fsp3) is 0.400. The van der Waals surface area contributed by atoms with Crippen molar-refractivity contribution < 1.29 is 8.78 Å². The van der Waals surface area contributed by atoms with Crippen LogP contribution in [-0.4, -0.2) is 37.0 Å². The predicted molar refractivity (Wildman–Crippen MR) is 124 cm³/mol. The van der Waals surface area contributed by atoms with Crippen molar-refractivity contribution in [3.63, 3.8) is 0 Å². The van der Waals surface area contributed by atoms with Gasteiger partial charge in [0.15, 0.2) is 0 Å². The van der Waals surface area contributed by atoms with E-state index < -0.39 is 5.92 Å². The highest BCUT2D eigenvalue weighted by Crippen LogP contribution is 2.42. The van der Waals surface area contributed by atoms with Crippen molar-refractivity contribution in [2.75, 3.05) is 6.54 Å². The molecule has 2 aliphatic rings. The highest BCUT2D eigenvalue weighted by molar-refractivity contribution is 5.94. The third kappa shape index (κ3) is 3.57. The number of hydrogen-bond donors (Lipinski definition) is 2. The maximum absolute atomic E-state index is 13.1. The first-order valence-corrected chi connectivity index (χ1v) is 11.5. The lowest BCUT2D eigenvalue weighted by atomic mass is 9.76. The van der Waals surface area contributed by atoms with Crippen LogP contribution in [0.5, 0.6) is 0 Å². The van der Waals surface area contributed by atoms with Crippen LogP contribution >= 0.6 is 0 Å². The lowest BCUT2D eigenvalue weighted by Gasteiger charge is -2.35. The molecule has 0 unspecified atom stereocenters. The second-order valence-electron chi connectivity index (χ2n) is 9.76. The molecule has 170 valence electrons. The molecule has 0 atom stereocenters. The Balaban J connectivity index is 1.26. The van der Waals surface area contributed by atoms with Crippen LogP contribution in [0, 0.1) is 11.8 Å². The minimum atomic E-state index is -2.51. The van der Waals surface area contributed by atoms with Crippen LogP contribution in [-0.2, 0) is 0 Å². The summed E-state index contributed by atoms with van der Waals surface area (Å²) >= 11 is 0. The number of aromatic amines is 1. The Hall–Kier alpha value is -3.29. The molecule has 2 N–H and O–H groups in total. The monoisotopic (exact) mass is 448 g/mol. The molecular weight excluding hydrogens is 422 g/mol. The van der Waals surface area contributed by atoms with Gasteiger partial charge in [-0.05, 0) is 42.4 Å². The minimum absolute atomic E-state index is 0.0200. The zero-order valence-electron chi connectivity index (χ0n) is 18.5. The molecule has 4 aromatic heterocycles. The highest BCUT2D eigenvalue weighted by Gasteiger charge is 2.44. The molecule has 2 fully saturated rings. The molecule has 2 aliphatic carbocycles. The van der Waals surface area contributed by atoms with E-state index in [2.05, 4.69) is 40.0 Å². The van der Waals surface area contributed by atoms with Gasteiger partial charge in [-0.3, -0.25) is 0 Å². The molecule has 6 nitrogen and oxygen atoms in total. The van der Waals surface area contributed by atoms with Gasteiger partial charge in [-0.15, -0.1) is 0 Å². The van der Waals surface area contributed by atoms with E-state index in [0.29, 0.717) is 18.2 Å². The lowest BCUT2D eigenvalue weighted by Crippen LogP contribution is -2.40. The minimum Gasteiger partial charge on any atom is -0.385 e. The third-order valence-corrected chi connectivity index (χ3v) is 7.13. The number of fused-ring (bicyclic) bond motifs is 2. The van der Waals surface area contributed by atoms with E-state index in [0.717, 1.165) is 57.8 Å². The highest BCUT2D eigenvalue weighted by atomic mass is 19.3. The van der Waals surface area contributed by atoms with Gasteiger partial charge in [-0.2, -0.15) is 5.10 Å². The third-order valence-electron chi connectivity index (χ3n) is 7.13. The second-order valence-corrected chi connectivity index (χ2v) is 9.76. The van der Waals surface area contributed by atoms with Crippen molar-refractivity contribution in [2.24, 2.45) is 11.8 Å². The van der Waals surface area contributed by atoms with Crippen LogP contribution in [0.15, 0.2) is 43.5 Å². The van der Waals surface area contributed by atoms with E-state index in [4.69, 9.17) is 4.98 Å². The van der Waals surface area contributed by atoms with Gasteiger partial charge in [-0.25, -0.2) is 23.3 Å². The van der Waals surface area contributed by atoms with E-state index in [-0.39, 0.29) is 18.8 Å². The summed E-state index contributed by atoms with van der Waals surface area (Å²) in [5, 5.41) is 8.63. The van der Waals surface area contributed by atoms with Crippen LogP contribution in [0.3, 0.4) is 0 Å². The Kier molecular flexibility index (Phi) is 4.54. The molecule has 6 rings (SSSR count). The Bertz CT molecular complexity index is 1360. The molecule has 0 amide bonds. The Morgan fingerprint density at radius 3 is 2.88 bits per heavy atom. The van der Waals surface area contributed by atoms with Crippen molar-refractivity contribution in [1.29, 1.82) is 0 Å². The van der Waals surface area contributed by atoms with Crippen LogP contribution in [0.25, 0.3) is 33.4 Å². The van der Waals surface area contributed by atoms with Gasteiger partial charge in [0.1, 0.15) is 11.5 Å². The average molecular weight is 449 g/mol. The van der Waals surface area contributed by atoms with Crippen LogP contribution < -0.4 is 5.32 Å². The summed E-state index contributed by atoms with van der Waals surface area (Å²) in [6, 6.07) is 4.08. The number of rotatable bonds is 6. The summed E-state index contributed by atoms with van der Waals surface area (Å²) in [6.45, 7) is 6.88. The number of nitrogens with one attached hydrogen (secondary N) is 2. The second kappa shape index (κ2) is 7.37. The number of pyridine rings is 1.